The van der Waals surface area contributed by atoms with Gasteiger partial charge in [-0.05, 0) is 31.5 Å². The van der Waals surface area contributed by atoms with Gasteiger partial charge in [-0.25, -0.2) is 9.97 Å². The number of aromatic nitrogens is 2. The molecule has 0 fully saturated rings. The molecule has 0 saturated carbocycles. The summed E-state index contributed by atoms with van der Waals surface area (Å²) in [6, 6.07) is 9.37. The van der Waals surface area contributed by atoms with Gasteiger partial charge in [0.15, 0.2) is 0 Å². The van der Waals surface area contributed by atoms with E-state index in [1.165, 1.54) is 0 Å². The molecule has 0 aliphatic carbocycles. The lowest BCUT2D eigenvalue weighted by atomic mass is 10.1. The molecule has 0 aliphatic rings. The van der Waals surface area contributed by atoms with E-state index in [0.717, 1.165) is 17.0 Å². The summed E-state index contributed by atoms with van der Waals surface area (Å²) in [5.41, 5.74) is 14.5. The Hall–Kier alpha value is -2.63. The Kier molecular flexibility index (Phi) is 4.37. The molecule has 1 aromatic carbocycles. The van der Waals surface area contributed by atoms with Crippen LogP contribution in [0.4, 0.5) is 11.6 Å². The summed E-state index contributed by atoms with van der Waals surface area (Å²) < 4.78 is 0. The van der Waals surface area contributed by atoms with Gasteiger partial charge in [-0.2, -0.15) is 0 Å². The van der Waals surface area contributed by atoms with Gasteiger partial charge in [-0.15, -0.1) is 0 Å². The van der Waals surface area contributed by atoms with Crippen LogP contribution in [0.3, 0.4) is 0 Å². The number of nitrogen functional groups attached to an aromatic ring is 1. The van der Waals surface area contributed by atoms with Gasteiger partial charge >= 0.3 is 0 Å². The number of rotatable bonds is 5. The van der Waals surface area contributed by atoms with Crippen molar-refractivity contribution in [1.82, 2.24) is 9.97 Å². The topological polar surface area (TPSA) is 98.1 Å². The number of benzene rings is 1. The quantitative estimate of drug-likeness (QED) is 0.803. The van der Waals surface area contributed by atoms with Crippen molar-refractivity contribution in [3.8, 4) is 0 Å². The number of hydrogen-bond donors (Lipinski definition) is 2. The SMILES string of the molecule is Cc1cc(C)nc(N(CC(N)=O)Cc2ccccc2N)n1. The Bertz CT molecular complexity index is 636. The van der Waals surface area contributed by atoms with E-state index in [2.05, 4.69) is 9.97 Å². The highest BCUT2D eigenvalue weighted by atomic mass is 16.1. The van der Waals surface area contributed by atoms with Crippen LogP contribution in [-0.4, -0.2) is 22.4 Å². The van der Waals surface area contributed by atoms with Crippen LogP contribution in [0.25, 0.3) is 0 Å². The van der Waals surface area contributed by atoms with E-state index in [9.17, 15) is 4.79 Å². The zero-order chi connectivity index (χ0) is 15.4. The first-order valence-electron chi connectivity index (χ1n) is 6.64. The van der Waals surface area contributed by atoms with E-state index in [0.29, 0.717) is 18.2 Å². The zero-order valence-corrected chi connectivity index (χ0v) is 12.2. The zero-order valence-electron chi connectivity index (χ0n) is 12.2. The molecule has 0 bridgehead atoms. The Labute approximate surface area is 123 Å². The second-order valence-electron chi connectivity index (χ2n) is 4.97. The van der Waals surface area contributed by atoms with Crippen LogP contribution >= 0.6 is 0 Å². The molecule has 21 heavy (non-hydrogen) atoms. The molecule has 0 saturated heterocycles. The van der Waals surface area contributed by atoms with Crippen molar-refractivity contribution in [2.45, 2.75) is 20.4 Å². The monoisotopic (exact) mass is 285 g/mol. The summed E-state index contributed by atoms with van der Waals surface area (Å²) in [5.74, 6) is 0.0433. The number of para-hydroxylation sites is 1. The number of nitrogens with zero attached hydrogens (tertiary/aromatic N) is 3. The highest BCUT2D eigenvalue weighted by molar-refractivity contribution is 5.79. The minimum absolute atomic E-state index is 0.0389. The minimum atomic E-state index is -0.438. The molecule has 1 amide bonds. The Morgan fingerprint density at radius 3 is 2.38 bits per heavy atom. The van der Waals surface area contributed by atoms with Crippen LogP contribution < -0.4 is 16.4 Å². The molecule has 0 radical (unpaired) electrons. The predicted molar refractivity (Wildman–Crippen MR) is 82.6 cm³/mol. The van der Waals surface area contributed by atoms with Crippen molar-refractivity contribution in [1.29, 1.82) is 0 Å². The van der Waals surface area contributed by atoms with Crippen LogP contribution in [0.5, 0.6) is 0 Å². The first-order valence-corrected chi connectivity index (χ1v) is 6.64. The molecule has 2 rings (SSSR count). The summed E-state index contributed by atoms with van der Waals surface area (Å²) in [6.07, 6.45) is 0. The van der Waals surface area contributed by atoms with Gasteiger partial charge in [0.1, 0.15) is 0 Å². The normalized spacial score (nSPS) is 10.4. The summed E-state index contributed by atoms with van der Waals surface area (Å²) in [6.45, 7) is 4.24. The maximum absolute atomic E-state index is 11.3. The van der Waals surface area contributed by atoms with Crippen LogP contribution in [0.2, 0.25) is 0 Å². The van der Waals surface area contributed by atoms with Gasteiger partial charge < -0.3 is 16.4 Å². The lowest BCUT2D eigenvalue weighted by Gasteiger charge is -2.22. The van der Waals surface area contributed by atoms with Crippen LogP contribution in [-0.2, 0) is 11.3 Å². The van der Waals surface area contributed by atoms with E-state index in [4.69, 9.17) is 11.5 Å². The van der Waals surface area contributed by atoms with Crippen molar-refractivity contribution in [3.63, 3.8) is 0 Å². The second-order valence-corrected chi connectivity index (χ2v) is 4.97. The van der Waals surface area contributed by atoms with E-state index < -0.39 is 5.91 Å². The number of primary amides is 1. The summed E-state index contributed by atoms with van der Waals surface area (Å²) in [5, 5.41) is 0. The lowest BCUT2D eigenvalue weighted by molar-refractivity contribution is -0.116. The first-order chi connectivity index (χ1) is 9.95. The van der Waals surface area contributed by atoms with Gasteiger partial charge in [0.25, 0.3) is 0 Å². The summed E-state index contributed by atoms with van der Waals surface area (Å²) in [7, 11) is 0. The fourth-order valence-corrected chi connectivity index (χ4v) is 2.12. The average molecular weight is 285 g/mol. The largest absolute Gasteiger partial charge is 0.398 e. The maximum Gasteiger partial charge on any atom is 0.237 e. The summed E-state index contributed by atoms with van der Waals surface area (Å²) in [4.78, 5) is 21.8. The molecular formula is C15H19N5O. The highest BCUT2D eigenvalue weighted by Crippen LogP contribution is 2.17. The first kappa shape index (κ1) is 14.8. The molecule has 6 nitrogen and oxygen atoms in total. The number of nitrogens with two attached hydrogens (primary N) is 2. The van der Waals surface area contributed by atoms with Gasteiger partial charge in [0, 0.05) is 23.6 Å². The van der Waals surface area contributed by atoms with Crippen molar-refractivity contribution in [3.05, 3.63) is 47.3 Å². The average Bonchev–Trinajstić information content (AvgIpc) is 2.39. The lowest BCUT2D eigenvalue weighted by Crippen LogP contribution is -2.35. The minimum Gasteiger partial charge on any atom is -0.398 e. The van der Waals surface area contributed by atoms with Gasteiger partial charge in [0.05, 0.1) is 6.54 Å². The molecule has 1 heterocycles. The Morgan fingerprint density at radius 2 is 1.81 bits per heavy atom. The molecule has 0 unspecified atom stereocenters. The number of amides is 1. The Balaban J connectivity index is 2.34. The molecule has 4 N–H and O–H groups in total. The maximum atomic E-state index is 11.3. The van der Waals surface area contributed by atoms with E-state index in [-0.39, 0.29) is 6.54 Å². The molecule has 1 aromatic heterocycles. The standard InChI is InChI=1S/C15H19N5O/c1-10-7-11(2)19-15(18-10)20(9-14(17)21)8-12-5-3-4-6-13(12)16/h3-7H,8-9,16H2,1-2H3,(H2,17,21). The number of hydrogen-bond acceptors (Lipinski definition) is 5. The van der Waals surface area contributed by atoms with Crippen LogP contribution in [0.1, 0.15) is 17.0 Å². The molecular weight excluding hydrogens is 266 g/mol. The van der Waals surface area contributed by atoms with Crippen LogP contribution in [0, 0.1) is 13.8 Å². The van der Waals surface area contributed by atoms with Gasteiger partial charge in [-0.3, -0.25) is 4.79 Å². The van der Waals surface area contributed by atoms with Crippen molar-refractivity contribution >= 4 is 17.5 Å². The van der Waals surface area contributed by atoms with Crippen LogP contribution in [0.15, 0.2) is 30.3 Å². The third-order valence-corrected chi connectivity index (χ3v) is 3.02. The number of anilines is 2. The van der Waals surface area contributed by atoms with Crippen molar-refractivity contribution in [2.75, 3.05) is 17.2 Å². The smallest absolute Gasteiger partial charge is 0.237 e. The fraction of sp³-hybridized carbons (Fsp3) is 0.267. The molecule has 0 atom stereocenters. The predicted octanol–water partition coefficient (Wildman–Crippen LogP) is 1.17. The molecule has 2 aromatic rings. The molecule has 110 valence electrons. The molecule has 6 heteroatoms. The fourth-order valence-electron chi connectivity index (χ4n) is 2.12. The number of carbonyl (C=O) groups excluding carboxylic acids is 1. The highest BCUT2D eigenvalue weighted by Gasteiger charge is 2.15. The molecule has 0 spiro atoms. The Morgan fingerprint density at radius 1 is 1.19 bits per heavy atom. The van der Waals surface area contributed by atoms with Gasteiger partial charge in [-0.1, -0.05) is 18.2 Å². The third-order valence-electron chi connectivity index (χ3n) is 3.02. The van der Waals surface area contributed by atoms with Crippen molar-refractivity contribution < 1.29 is 4.79 Å². The summed E-state index contributed by atoms with van der Waals surface area (Å²) >= 11 is 0. The number of aryl methyl sites for hydroxylation is 2. The van der Waals surface area contributed by atoms with E-state index >= 15 is 0 Å². The van der Waals surface area contributed by atoms with Crippen molar-refractivity contribution in [2.24, 2.45) is 5.73 Å². The van der Waals surface area contributed by atoms with E-state index in [1.54, 1.807) is 4.90 Å². The molecule has 0 aliphatic heterocycles. The van der Waals surface area contributed by atoms with E-state index in [1.807, 2.05) is 44.2 Å². The third kappa shape index (κ3) is 3.92. The van der Waals surface area contributed by atoms with Gasteiger partial charge in [0.2, 0.25) is 11.9 Å². The second kappa shape index (κ2) is 6.21. The number of carbonyl (C=O) groups is 1.